The van der Waals surface area contributed by atoms with Gasteiger partial charge in [-0.3, -0.25) is 0 Å². The summed E-state index contributed by atoms with van der Waals surface area (Å²) >= 11 is 0. The van der Waals surface area contributed by atoms with E-state index in [4.69, 9.17) is 11.0 Å². The molecule has 22 heavy (non-hydrogen) atoms. The van der Waals surface area contributed by atoms with E-state index in [0.29, 0.717) is 17.1 Å². The van der Waals surface area contributed by atoms with Crippen LogP contribution in [0.5, 0.6) is 0 Å². The lowest BCUT2D eigenvalue weighted by Gasteiger charge is -2.05. The molecule has 0 fully saturated rings. The van der Waals surface area contributed by atoms with Gasteiger partial charge in [0.25, 0.3) is 0 Å². The van der Waals surface area contributed by atoms with Gasteiger partial charge in [-0.2, -0.15) is 9.94 Å². The summed E-state index contributed by atoms with van der Waals surface area (Å²) in [5, 5.41) is 17.3. The predicted molar refractivity (Wildman–Crippen MR) is 85.4 cm³/mol. The van der Waals surface area contributed by atoms with Crippen molar-refractivity contribution in [3.05, 3.63) is 59.2 Å². The Bertz CT molecular complexity index is 886. The lowest BCUT2D eigenvalue weighted by atomic mass is 10.0. The van der Waals surface area contributed by atoms with E-state index in [1.165, 1.54) is 11.1 Å². The summed E-state index contributed by atoms with van der Waals surface area (Å²) in [6.07, 6.45) is 0. The number of nitrogen functional groups attached to an aromatic ring is 1. The summed E-state index contributed by atoms with van der Waals surface area (Å²) in [5.74, 6) is 0.457. The fourth-order valence-electron chi connectivity index (χ4n) is 2.28. The Hall–Kier alpha value is -3.13. The summed E-state index contributed by atoms with van der Waals surface area (Å²) in [4.78, 5) is 0. The van der Waals surface area contributed by atoms with Crippen LogP contribution >= 0.6 is 0 Å². The van der Waals surface area contributed by atoms with E-state index >= 15 is 0 Å². The average molecular weight is 289 g/mol. The third-order valence-corrected chi connectivity index (χ3v) is 3.71. The van der Waals surface area contributed by atoms with E-state index in [-0.39, 0.29) is 0 Å². The molecular weight excluding hydrogens is 274 g/mol. The highest BCUT2D eigenvalue weighted by atomic mass is 15.5. The largest absolute Gasteiger partial charge is 0.382 e. The van der Waals surface area contributed by atoms with Crippen LogP contribution in [0.4, 0.5) is 5.82 Å². The number of hydrogen-bond acceptors (Lipinski definition) is 4. The van der Waals surface area contributed by atoms with Crippen molar-refractivity contribution in [3.63, 3.8) is 0 Å². The second-order valence-corrected chi connectivity index (χ2v) is 5.20. The highest BCUT2D eigenvalue weighted by molar-refractivity contribution is 5.71. The summed E-state index contributed by atoms with van der Waals surface area (Å²) in [5.41, 5.74) is 11.5. The molecular formula is C17H15N5. The Labute approximate surface area is 128 Å². The molecule has 0 aliphatic heterocycles. The van der Waals surface area contributed by atoms with Crippen molar-refractivity contribution < 1.29 is 0 Å². The molecule has 3 aromatic rings. The number of nitriles is 1. The maximum atomic E-state index is 8.99. The summed E-state index contributed by atoms with van der Waals surface area (Å²) < 4.78 is 1.55. The van der Waals surface area contributed by atoms with Crippen LogP contribution in [0.25, 0.3) is 16.9 Å². The second-order valence-electron chi connectivity index (χ2n) is 5.20. The molecule has 2 aromatic carbocycles. The number of nitrogens with two attached hydrogens (primary N) is 1. The molecule has 0 unspecified atom stereocenters. The first-order valence-electron chi connectivity index (χ1n) is 6.89. The Morgan fingerprint density at radius 1 is 1.09 bits per heavy atom. The van der Waals surface area contributed by atoms with Crippen LogP contribution in [-0.2, 0) is 0 Å². The van der Waals surface area contributed by atoms with Crippen LogP contribution in [0.15, 0.2) is 42.5 Å². The minimum Gasteiger partial charge on any atom is -0.382 e. The van der Waals surface area contributed by atoms with Crippen LogP contribution in [0.3, 0.4) is 0 Å². The standard InChI is InChI=1S/C17H15N5/c1-11-6-7-14(8-12(11)2)16-17(19)22(21-20-16)15-5-3-4-13(9-15)10-18/h3-9H,19H2,1-2H3. The molecule has 3 rings (SSSR count). The van der Waals surface area contributed by atoms with Crippen LogP contribution in [0, 0.1) is 25.2 Å². The van der Waals surface area contributed by atoms with Crippen molar-refractivity contribution in [1.82, 2.24) is 15.0 Å². The van der Waals surface area contributed by atoms with E-state index in [0.717, 1.165) is 11.3 Å². The molecule has 5 nitrogen and oxygen atoms in total. The van der Waals surface area contributed by atoms with Gasteiger partial charge in [-0.1, -0.05) is 23.4 Å². The Kier molecular flexibility index (Phi) is 3.36. The first-order valence-corrected chi connectivity index (χ1v) is 6.89. The molecule has 0 spiro atoms. The van der Waals surface area contributed by atoms with Crippen LogP contribution in [0.1, 0.15) is 16.7 Å². The first-order chi connectivity index (χ1) is 10.6. The number of aromatic nitrogens is 3. The molecule has 0 radical (unpaired) electrons. The predicted octanol–water partition coefficient (Wildman–Crippen LogP) is 3.01. The van der Waals surface area contributed by atoms with Gasteiger partial charge in [-0.15, -0.1) is 5.10 Å². The number of hydrogen-bond donors (Lipinski definition) is 1. The van der Waals surface area contributed by atoms with Gasteiger partial charge in [0.2, 0.25) is 0 Å². The normalized spacial score (nSPS) is 10.4. The molecule has 0 atom stereocenters. The minimum atomic E-state index is 0.457. The van der Waals surface area contributed by atoms with Gasteiger partial charge in [0.05, 0.1) is 17.3 Å². The Balaban J connectivity index is 2.08. The summed E-state index contributed by atoms with van der Waals surface area (Å²) in [6.45, 7) is 4.11. The zero-order valence-electron chi connectivity index (χ0n) is 12.4. The molecule has 0 aliphatic rings. The lowest BCUT2D eigenvalue weighted by molar-refractivity contribution is 0.810. The molecule has 1 heterocycles. The van der Waals surface area contributed by atoms with Gasteiger partial charge < -0.3 is 5.73 Å². The maximum absolute atomic E-state index is 8.99. The van der Waals surface area contributed by atoms with Gasteiger partial charge in [-0.25, -0.2) is 0 Å². The number of nitrogens with zero attached hydrogens (tertiary/aromatic N) is 4. The Morgan fingerprint density at radius 2 is 1.91 bits per heavy atom. The van der Waals surface area contributed by atoms with Crippen molar-refractivity contribution in [3.8, 4) is 23.0 Å². The summed E-state index contributed by atoms with van der Waals surface area (Å²) in [6, 6.07) is 15.3. The smallest absolute Gasteiger partial charge is 0.155 e. The second kappa shape index (κ2) is 5.34. The summed E-state index contributed by atoms with van der Waals surface area (Å²) in [7, 11) is 0. The molecule has 108 valence electrons. The average Bonchev–Trinajstić information content (AvgIpc) is 2.92. The first kappa shape index (κ1) is 13.8. The molecule has 0 saturated carbocycles. The van der Waals surface area contributed by atoms with Crippen LogP contribution in [0.2, 0.25) is 0 Å². The monoisotopic (exact) mass is 289 g/mol. The fraction of sp³-hybridized carbons (Fsp3) is 0.118. The quantitative estimate of drug-likeness (QED) is 0.786. The lowest BCUT2D eigenvalue weighted by Crippen LogP contribution is -2.02. The topological polar surface area (TPSA) is 80.5 Å². The van der Waals surface area contributed by atoms with Crippen molar-refractivity contribution >= 4 is 5.82 Å². The van der Waals surface area contributed by atoms with Gasteiger partial charge in [0, 0.05) is 5.56 Å². The molecule has 0 bridgehead atoms. The molecule has 1 aromatic heterocycles. The van der Waals surface area contributed by atoms with Crippen molar-refractivity contribution in [1.29, 1.82) is 5.26 Å². The number of aryl methyl sites for hydroxylation is 2. The molecule has 2 N–H and O–H groups in total. The number of rotatable bonds is 2. The van der Waals surface area contributed by atoms with Crippen molar-refractivity contribution in [2.75, 3.05) is 5.73 Å². The molecule has 0 aliphatic carbocycles. The minimum absolute atomic E-state index is 0.457. The Morgan fingerprint density at radius 3 is 2.64 bits per heavy atom. The zero-order chi connectivity index (χ0) is 15.7. The van der Waals surface area contributed by atoms with Gasteiger partial charge in [-0.05, 0) is 49.2 Å². The molecule has 5 heteroatoms. The highest BCUT2D eigenvalue weighted by Gasteiger charge is 2.13. The third-order valence-electron chi connectivity index (χ3n) is 3.71. The van der Waals surface area contributed by atoms with E-state index < -0.39 is 0 Å². The van der Waals surface area contributed by atoms with Gasteiger partial charge in [0.1, 0.15) is 5.69 Å². The fourth-order valence-corrected chi connectivity index (χ4v) is 2.28. The molecule has 0 amide bonds. The van der Waals surface area contributed by atoms with E-state index in [1.54, 1.807) is 22.9 Å². The number of anilines is 1. The van der Waals surface area contributed by atoms with Gasteiger partial charge in [0.15, 0.2) is 5.82 Å². The van der Waals surface area contributed by atoms with Crippen LogP contribution in [-0.4, -0.2) is 15.0 Å². The molecule has 0 saturated heterocycles. The SMILES string of the molecule is Cc1ccc(-c2nnn(-c3cccc(C#N)c3)c2N)cc1C. The van der Waals surface area contributed by atoms with Gasteiger partial charge >= 0.3 is 0 Å². The van der Waals surface area contributed by atoms with E-state index in [9.17, 15) is 0 Å². The third kappa shape index (κ3) is 2.31. The maximum Gasteiger partial charge on any atom is 0.155 e. The van der Waals surface area contributed by atoms with Crippen LogP contribution < -0.4 is 5.73 Å². The van der Waals surface area contributed by atoms with E-state index in [1.807, 2.05) is 24.3 Å². The zero-order valence-corrected chi connectivity index (χ0v) is 12.4. The number of benzene rings is 2. The van der Waals surface area contributed by atoms with Crippen molar-refractivity contribution in [2.24, 2.45) is 0 Å². The van der Waals surface area contributed by atoms with Crippen molar-refractivity contribution in [2.45, 2.75) is 13.8 Å². The highest BCUT2D eigenvalue weighted by Crippen LogP contribution is 2.27. The van der Waals surface area contributed by atoms with E-state index in [2.05, 4.69) is 30.2 Å².